The number of Topliss-reactive ketones (excluding diaryl/α,β-unsaturated/α-hetero) is 1. The van der Waals surface area contributed by atoms with Crippen molar-refractivity contribution in [2.45, 2.75) is 77.3 Å². The van der Waals surface area contributed by atoms with Crippen molar-refractivity contribution in [3.63, 3.8) is 0 Å². The van der Waals surface area contributed by atoms with E-state index in [1.165, 1.54) is 49.7 Å². The Balaban J connectivity index is 1.36. The fraction of sp³-hybridized carbons (Fsp3) is 0.609. The van der Waals surface area contributed by atoms with Crippen molar-refractivity contribution in [1.29, 1.82) is 0 Å². The van der Waals surface area contributed by atoms with E-state index in [1.807, 2.05) is 0 Å². The van der Waals surface area contributed by atoms with Crippen LogP contribution in [0.4, 0.5) is 0 Å². The van der Waals surface area contributed by atoms with Gasteiger partial charge in [0, 0.05) is 18.5 Å². The molecule has 0 saturated heterocycles. The van der Waals surface area contributed by atoms with E-state index in [-0.39, 0.29) is 0 Å². The molecule has 2 aliphatic carbocycles. The van der Waals surface area contributed by atoms with Gasteiger partial charge in [0.25, 0.3) is 0 Å². The minimum atomic E-state index is 0.342. The normalized spacial score (nSPS) is 29.4. The molecule has 0 spiro atoms. The average Bonchev–Trinajstić information content (AvgIpc) is 3.36. The highest BCUT2D eigenvalue weighted by Gasteiger charge is 2.39. The molecule has 0 radical (unpaired) electrons. The van der Waals surface area contributed by atoms with E-state index >= 15 is 0 Å². The van der Waals surface area contributed by atoms with Gasteiger partial charge in [-0.15, -0.1) is 0 Å². The van der Waals surface area contributed by atoms with E-state index in [2.05, 4.69) is 48.6 Å². The van der Waals surface area contributed by atoms with Gasteiger partial charge < -0.3 is 10.1 Å². The van der Waals surface area contributed by atoms with Crippen LogP contribution in [-0.4, -0.2) is 17.9 Å². The van der Waals surface area contributed by atoms with E-state index in [0.717, 1.165) is 24.7 Å². The predicted molar refractivity (Wildman–Crippen MR) is 105 cm³/mol. The zero-order chi connectivity index (χ0) is 17.6. The lowest BCUT2D eigenvalue weighted by Crippen LogP contribution is -2.35. The minimum absolute atomic E-state index is 0.342. The maximum atomic E-state index is 11.1. The Labute approximate surface area is 153 Å². The van der Waals surface area contributed by atoms with E-state index in [4.69, 9.17) is 0 Å². The average molecular weight is 340 g/mol. The molecule has 2 aliphatic rings. The molecule has 2 saturated carbocycles. The fourth-order valence-electron chi connectivity index (χ4n) is 4.36. The lowest BCUT2D eigenvalue weighted by atomic mass is 9.83. The minimum Gasteiger partial charge on any atom is -0.311 e. The summed E-state index contributed by atoms with van der Waals surface area (Å²) in [6.07, 6.45) is 12.1. The van der Waals surface area contributed by atoms with Crippen molar-refractivity contribution in [3.05, 3.63) is 41.5 Å². The predicted octanol–water partition coefficient (Wildman–Crippen LogP) is 5.39. The Kier molecular flexibility index (Phi) is 6.47. The van der Waals surface area contributed by atoms with Crippen LogP contribution in [0.5, 0.6) is 0 Å². The molecule has 0 bridgehead atoms. The molecule has 1 N–H and O–H groups in total. The molecule has 136 valence electrons. The van der Waals surface area contributed by atoms with E-state index in [9.17, 15) is 4.79 Å². The Morgan fingerprint density at radius 3 is 2.52 bits per heavy atom. The van der Waals surface area contributed by atoms with Crippen molar-refractivity contribution in [1.82, 2.24) is 5.32 Å². The molecule has 2 unspecified atom stereocenters. The van der Waals surface area contributed by atoms with Gasteiger partial charge in [-0.1, -0.05) is 48.4 Å². The monoisotopic (exact) mass is 339 g/mol. The topological polar surface area (TPSA) is 29.1 Å². The number of benzene rings is 1. The second-order valence-corrected chi connectivity index (χ2v) is 8.23. The summed E-state index contributed by atoms with van der Waals surface area (Å²) in [7, 11) is 0. The van der Waals surface area contributed by atoms with Gasteiger partial charge >= 0.3 is 0 Å². The first-order chi connectivity index (χ1) is 12.1. The number of nitrogens with one attached hydrogen (secondary N) is 1. The highest BCUT2D eigenvalue weighted by atomic mass is 16.1. The standard InChI is InChI=1S/C23H33NO/c1-17(15-20-8-4-3-5-9-20)22-16-23(22)24-21-13-11-19(12-14-21)10-6-7-18(2)25/h3-5,8-9,15,19,21-24H,6-7,10-14,16H2,1-2H3/b17-15+. The van der Waals surface area contributed by atoms with Crippen molar-refractivity contribution < 1.29 is 4.79 Å². The van der Waals surface area contributed by atoms with Gasteiger partial charge in [-0.3, -0.25) is 0 Å². The highest BCUT2D eigenvalue weighted by molar-refractivity contribution is 5.75. The van der Waals surface area contributed by atoms with E-state index in [0.29, 0.717) is 17.9 Å². The van der Waals surface area contributed by atoms with E-state index < -0.39 is 0 Å². The number of carbonyl (C=O) groups is 1. The highest BCUT2D eigenvalue weighted by Crippen LogP contribution is 2.39. The number of carbonyl (C=O) groups excluding carboxylic acids is 1. The summed E-state index contributed by atoms with van der Waals surface area (Å²) in [5.74, 6) is 1.93. The van der Waals surface area contributed by atoms with Crippen molar-refractivity contribution in [2.24, 2.45) is 11.8 Å². The second kappa shape index (κ2) is 8.80. The molecule has 0 aromatic heterocycles. The van der Waals surface area contributed by atoms with Crippen LogP contribution in [0.25, 0.3) is 6.08 Å². The van der Waals surface area contributed by atoms with Crippen LogP contribution in [0, 0.1) is 11.8 Å². The molecule has 2 fully saturated rings. The molecule has 0 heterocycles. The van der Waals surface area contributed by atoms with Crippen molar-refractivity contribution in [2.75, 3.05) is 0 Å². The van der Waals surface area contributed by atoms with Gasteiger partial charge in [0.05, 0.1) is 0 Å². The van der Waals surface area contributed by atoms with Crippen LogP contribution >= 0.6 is 0 Å². The smallest absolute Gasteiger partial charge is 0.129 e. The molecule has 3 rings (SSSR count). The quantitative estimate of drug-likeness (QED) is 0.688. The maximum Gasteiger partial charge on any atom is 0.129 e. The van der Waals surface area contributed by atoms with E-state index in [1.54, 1.807) is 6.92 Å². The Morgan fingerprint density at radius 2 is 1.84 bits per heavy atom. The maximum absolute atomic E-state index is 11.1. The second-order valence-electron chi connectivity index (χ2n) is 8.23. The van der Waals surface area contributed by atoms with Crippen molar-refractivity contribution in [3.8, 4) is 0 Å². The Hall–Kier alpha value is -1.41. The lowest BCUT2D eigenvalue weighted by molar-refractivity contribution is -0.117. The van der Waals surface area contributed by atoms with Gasteiger partial charge in [0.15, 0.2) is 0 Å². The van der Waals surface area contributed by atoms with Gasteiger partial charge in [-0.05, 0) is 69.8 Å². The molecular formula is C23H33NO. The SMILES string of the molecule is CC(=O)CCCC1CCC(NC2CC2/C(C)=C/c2ccccc2)CC1. The Morgan fingerprint density at radius 1 is 1.12 bits per heavy atom. The molecular weight excluding hydrogens is 306 g/mol. The van der Waals surface area contributed by atoms with Crippen LogP contribution in [0.15, 0.2) is 35.9 Å². The van der Waals surface area contributed by atoms with Crippen molar-refractivity contribution >= 4 is 11.9 Å². The number of hydrogen-bond acceptors (Lipinski definition) is 2. The molecule has 0 aliphatic heterocycles. The van der Waals surface area contributed by atoms with Crippen LogP contribution in [0.1, 0.15) is 70.8 Å². The van der Waals surface area contributed by atoms with Crippen LogP contribution in [0.2, 0.25) is 0 Å². The third kappa shape index (κ3) is 5.81. The zero-order valence-electron chi connectivity index (χ0n) is 15.8. The summed E-state index contributed by atoms with van der Waals surface area (Å²) >= 11 is 0. The van der Waals surface area contributed by atoms with Gasteiger partial charge in [0.2, 0.25) is 0 Å². The molecule has 2 atom stereocenters. The van der Waals surface area contributed by atoms with Crippen LogP contribution in [0.3, 0.4) is 0 Å². The Bertz CT molecular complexity index is 583. The molecule has 2 heteroatoms. The molecule has 1 aromatic carbocycles. The largest absolute Gasteiger partial charge is 0.311 e. The number of hydrogen-bond donors (Lipinski definition) is 1. The van der Waals surface area contributed by atoms with Crippen LogP contribution < -0.4 is 5.32 Å². The summed E-state index contributed by atoms with van der Waals surface area (Å²) in [5.41, 5.74) is 2.83. The first-order valence-electron chi connectivity index (χ1n) is 10.1. The summed E-state index contributed by atoms with van der Waals surface area (Å²) in [5, 5.41) is 3.91. The molecule has 25 heavy (non-hydrogen) atoms. The molecule has 0 amide bonds. The lowest BCUT2D eigenvalue weighted by Gasteiger charge is -2.29. The third-order valence-electron chi connectivity index (χ3n) is 6.01. The van der Waals surface area contributed by atoms with Gasteiger partial charge in [-0.25, -0.2) is 0 Å². The third-order valence-corrected chi connectivity index (χ3v) is 6.01. The summed E-state index contributed by atoms with van der Waals surface area (Å²) in [4.78, 5) is 11.1. The number of ketones is 1. The van der Waals surface area contributed by atoms with Gasteiger partial charge in [-0.2, -0.15) is 0 Å². The van der Waals surface area contributed by atoms with Crippen LogP contribution in [-0.2, 0) is 4.79 Å². The summed E-state index contributed by atoms with van der Waals surface area (Å²) in [6, 6.07) is 12.1. The zero-order valence-corrected chi connectivity index (χ0v) is 15.8. The summed E-state index contributed by atoms with van der Waals surface area (Å²) < 4.78 is 0. The molecule has 1 aromatic rings. The summed E-state index contributed by atoms with van der Waals surface area (Å²) in [6.45, 7) is 3.99. The first-order valence-corrected chi connectivity index (χ1v) is 10.1. The van der Waals surface area contributed by atoms with Gasteiger partial charge in [0.1, 0.15) is 5.78 Å². The molecule has 2 nitrogen and oxygen atoms in total. The fourth-order valence-corrected chi connectivity index (χ4v) is 4.36. The first kappa shape index (κ1) is 18.4. The number of rotatable bonds is 8.